The predicted octanol–water partition coefficient (Wildman–Crippen LogP) is 4.52. The van der Waals surface area contributed by atoms with E-state index in [9.17, 15) is 4.79 Å². The Hall–Kier alpha value is -2.40. The third-order valence-electron chi connectivity index (χ3n) is 4.21. The third-order valence-corrected chi connectivity index (χ3v) is 5.20. The molecule has 2 aromatic heterocycles. The van der Waals surface area contributed by atoms with Crippen molar-refractivity contribution in [2.75, 3.05) is 5.75 Å². The number of allylic oxidation sites excluding steroid dienone is 1. The molecule has 0 N–H and O–H groups in total. The second-order valence-electron chi connectivity index (χ2n) is 5.99. The summed E-state index contributed by atoms with van der Waals surface area (Å²) in [5.74, 6) is 1.20. The van der Waals surface area contributed by atoms with Crippen molar-refractivity contribution in [1.82, 2.24) is 14.5 Å². The number of hydrogen-bond acceptors (Lipinski definition) is 4. The molecule has 0 atom stereocenters. The summed E-state index contributed by atoms with van der Waals surface area (Å²) >= 11 is 1.47. The number of aromatic nitrogens is 3. The van der Waals surface area contributed by atoms with Crippen LogP contribution in [0, 0.1) is 20.8 Å². The van der Waals surface area contributed by atoms with Gasteiger partial charge in [-0.3, -0.25) is 4.79 Å². The van der Waals surface area contributed by atoms with Crippen LogP contribution in [-0.2, 0) is 6.54 Å². The summed E-state index contributed by atoms with van der Waals surface area (Å²) in [5.41, 5.74) is 3.76. The quantitative estimate of drug-likeness (QED) is 0.284. The summed E-state index contributed by atoms with van der Waals surface area (Å²) in [7, 11) is 0. The van der Waals surface area contributed by atoms with Gasteiger partial charge >= 0.3 is 0 Å². The van der Waals surface area contributed by atoms with E-state index in [1.807, 2.05) is 57.2 Å². The molecule has 0 unspecified atom stereocenters. The normalized spacial score (nSPS) is 11.0. The number of aryl methyl sites for hydroxylation is 2. The Balaban J connectivity index is 1.84. The number of Topliss-reactive ketones (excluding diaryl/α,β-unsaturated/α-hetero) is 1. The first-order valence-corrected chi connectivity index (χ1v) is 9.17. The molecule has 0 aliphatic carbocycles. The Bertz CT molecular complexity index is 959. The second-order valence-corrected chi connectivity index (χ2v) is 6.95. The van der Waals surface area contributed by atoms with Gasteiger partial charge < -0.3 is 4.57 Å². The first-order chi connectivity index (χ1) is 12.0. The maximum Gasteiger partial charge on any atom is 0.174 e. The molecular weight excluding hydrogens is 330 g/mol. The van der Waals surface area contributed by atoms with Crippen LogP contribution in [0.25, 0.3) is 10.9 Å². The Morgan fingerprint density at radius 1 is 1.24 bits per heavy atom. The lowest BCUT2D eigenvalue weighted by Crippen LogP contribution is -2.06. The van der Waals surface area contributed by atoms with Crippen molar-refractivity contribution >= 4 is 28.4 Å². The van der Waals surface area contributed by atoms with E-state index in [0.29, 0.717) is 12.3 Å². The highest BCUT2D eigenvalue weighted by atomic mass is 32.2. The van der Waals surface area contributed by atoms with Gasteiger partial charge in [0.2, 0.25) is 0 Å². The van der Waals surface area contributed by atoms with Crippen LogP contribution in [0.3, 0.4) is 0 Å². The summed E-state index contributed by atoms with van der Waals surface area (Å²) < 4.78 is 2.11. The predicted molar refractivity (Wildman–Crippen MR) is 103 cm³/mol. The van der Waals surface area contributed by atoms with Gasteiger partial charge in [0.05, 0.1) is 11.3 Å². The zero-order valence-corrected chi connectivity index (χ0v) is 15.6. The molecule has 2 heterocycles. The first kappa shape index (κ1) is 17.4. The third kappa shape index (κ3) is 3.51. The van der Waals surface area contributed by atoms with Crippen LogP contribution in [-0.4, -0.2) is 26.1 Å². The molecule has 0 amide bonds. The summed E-state index contributed by atoms with van der Waals surface area (Å²) in [6.45, 7) is 10.4. The average Bonchev–Trinajstić information content (AvgIpc) is 2.88. The van der Waals surface area contributed by atoms with E-state index in [4.69, 9.17) is 0 Å². The monoisotopic (exact) mass is 351 g/mol. The van der Waals surface area contributed by atoms with Crippen molar-refractivity contribution in [2.45, 2.75) is 32.3 Å². The standard InChI is InChI=1S/C20H21N3OS/c1-5-10-23-13(2)11-17(14(23)3)19(24)12-25-20-16-8-6-7-9-18(16)21-15(4)22-20/h5-9,11H,1,10,12H2,2-4H3. The van der Waals surface area contributed by atoms with Gasteiger partial charge in [-0.05, 0) is 32.9 Å². The molecule has 5 heteroatoms. The fourth-order valence-corrected chi connectivity index (χ4v) is 3.92. The Morgan fingerprint density at radius 3 is 2.76 bits per heavy atom. The molecule has 0 saturated heterocycles. The lowest BCUT2D eigenvalue weighted by Gasteiger charge is -2.07. The van der Waals surface area contributed by atoms with Crippen molar-refractivity contribution in [2.24, 2.45) is 0 Å². The molecule has 0 aliphatic rings. The molecule has 3 aromatic rings. The molecule has 0 spiro atoms. The van der Waals surface area contributed by atoms with Gasteiger partial charge in [-0.15, -0.1) is 6.58 Å². The number of hydrogen-bond donors (Lipinski definition) is 0. The fourth-order valence-electron chi connectivity index (χ4n) is 2.97. The molecule has 128 valence electrons. The summed E-state index contributed by atoms with van der Waals surface area (Å²) in [4.78, 5) is 21.7. The van der Waals surface area contributed by atoms with Crippen LogP contribution in [0.5, 0.6) is 0 Å². The van der Waals surface area contributed by atoms with Gasteiger partial charge in [-0.2, -0.15) is 0 Å². The number of carbonyl (C=O) groups is 1. The highest BCUT2D eigenvalue weighted by Gasteiger charge is 2.16. The van der Waals surface area contributed by atoms with Crippen molar-refractivity contribution in [1.29, 1.82) is 0 Å². The summed E-state index contributed by atoms with van der Waals surface area (Å²) in [6, 6.07) is 9.86. The van der Waals surface area contributed by atoms with E-state index in [-0.39, 0.29) is 5.78 Å². The van der Waals surface area contributed by atoms with Gasteiger partial charge in [0.1, 0.15) is 10.9 Å². The molecule has 0 radical (unpaired) electrons. The minimum absolute atomic E-state index is 0.119. The fraction of sp³-hybridized carbons (Fsp3) is 0.250. The zero-order chi connectivity index (χ0) is 18.0. The highest BCUT2D eigenvalue weighted by Crippen LogP contribution is 2.26. The van der Waals surface area contributed by atoms with Crippen molar-refractivity contribution in [3.63, 3.8) is 0 Å². The topological polar surface area (TPSA) is 47.8 Å². The van der Waals surface area contributed by atoms with Crippen LogP contribution in [0.2, 0.25) is 0 Å². The van der Waals surface area contributed by atoms with E-state index < -0.39 is 0 Å². The lowest BCUT2D eigenvalue weighted by molar-refractivity contribution is 0.102. The molecule has 1 aromatic carbocycles. The van der Waals surface area contributed by atoms with Crippen LogP contribution in [0.15, 0.2) is 48.0 Å². The molecule has 0 aliphatic heterocycles. The van der Waals surface area contributed by atoms with Crippen molar-refractivity contribution < 1.29 is 4.79 Å². The molecule has 0 fully saturated rings. The lowest BCUT2D eigenvalue weighted by atomic mass is 10.2. The largest absolute Gasteiger partial charge is 0.345 e. The van der Waals surface area contributed by atoms with Crippen molar-refractivity contribution in [3.8, 4) is 0 Å². The van der Waals surface area contributed by atoms with E-state index in [1.165, 1.54) is 11.8 Å². The maximum atomic E-state index is 12.7. The van der Waals surface area contributed by atoms with E-state index in [1.54, 1.807) is 0 Å². The number of fused-ring (bicyclic) bond motifs is 1. The molecule has 4 nitrogen and oxygen atoms in total. The van der Waals surface area contributed by atoms with Crippen LogP contribution < -0.4 is 0 Å². The average molecular weight is 351 g/mol. The zero-order valence-electron chi connectivity index (χ0n) is 14.7. The Kier molecular flexibility index (Phi) is 5.04. The second kappa shape index (κ2) is 7.23. The number of para-hydroxylation sites is 1. The molecule has 3 rings (SSSR count). The maximum absolute atomic E-state index is 12.7. The van der Waals surface area contributed by atoms with Gasteiger partial charge in [-0.25, -0.2) is 9.97 Å². The van der Waals surface area contributed by atoms with Crippen LogP contribution >= 0.6 is 11.8 Å². The van der Waals surface area contributed by atoms with Gasteiger partial charge in [-0.1, -0.05) is 36.0 Å². The number of nitrogens with zero attached hydrogens (tertiary/aromatic N) is 3. The van der Waals surface area contributed by atoms with E-state index in [0.717, 1.165) is 38.7 Å². The van der Waals surface area contributed by atoms with E-state index in [2.05, 4.69) is 21.1 Å². The number of thioether (sulfide) groups is 1. The number of benzene rings is 1. The molecule has 0 saturated carbocycles. The van der Waals surface area contributed by atoms with E-state index >= 15 is 0 Å². The highest BCUT2D eigenvalue weighted by molar-refractivity contribution is 8.00. The van der Waals surface area contributed by atoms with Crippen LogP contribution in [0.1, 0.15) is 27.6 Å². The summed E-state index contributed by atoms with van der Waals surface area (Å²) in [5, 5.41) is 1.85. The minimum Gasteiger partial charge on any atom is -0.345 e. The number of rotatable bonds is 6. The molecular formula is C20H21N3OS. The Morgan fingerprint density at radius 2 is 2.00 bits per heavy atom. The van der Waals surface area contributed by atoms with Gasteiger partial charge in [0.25, 0.3) is 0 Å². The number of ketones is 1. The Labute approximate surface area is 152 Å². The first-order valence-electron chi connectivity index (χ1n) is 8.18. The molecule has 25 heavy (non-hydrogen) atoms. The SMILES string of the molecule is C=CCn1c(C)cc(C(=O)CSc2nc(C)nc3ccccc23)c1C. The van der Waals surface area contributed by atoms with Crippen molar-refractivity contribution in [3.05, 3.63) is 65.8 Å². The summed E-state index contributed by atoms with van der Waals surface area (Å²) in [6.07, 6.45) is 1.85. The van der Waals surface area contributed by atoms with Gasteiger partial charge in [0, 0.05) is 28.9 Å². The minimum atomic E-state index is 0.119. The number of carbonyl (C=O) groups excluding carboxylic acids is 1. The van der Waals surface area contributed by atoms with Gasteiger partial charge in [0.15, 0.2) is 5.78 Å². The smallest absolute Gasteiger partial charge is 0.174 e. The molecule has 0 bridgehead atoms. The van der Waals surface area contributed by atoms with Crippen LogP contribution in [0.4, 0.5) is 0 Å².